The predicted octanol–water partition coefficient (Wildman–Crippen LogP) is 0.128. The molecule has 2 N–H and O–H groups in total. The molecule has 1 atom stereocenters. The molecule has 0 aromatic heterocycles. The van der Waals surface area contributed by atoms with Gasteiger partial charge in [-0.25, -0.2) is 0 Å². The molecule has 5 heteroatoms. The topological polar surface area (TPSA) is 47.6 Å². The van der Waals surface area contributed by atoms with E-state index < -0.39 is 0 Å². The Morgan fingerprint density at radius 1 is 1.32 bits per heavy atom. The lowest BCUT2D eigenvalue weighted by Crippen LogP contribution is -2.52. The number of amides is 1. The van der Waals surface area contributed by atoms with Gasteiger partial charge in [0, 0.05) is 32.7 Å². The van der Waals surface area contributed by atoms with Gasteiger partial charge in [0.15, 0.2) is 0 Å². The SMILES string of the molecule is CCN(CC)CCCNC(=O)C(C)N1CCNCC1. The second-order valence-electron chi connectivity index (χ2n) is 5.13. The first-order valence-electron chi connectivity index (χ1n) is 7.63. The summed E-state index contributed by atoms with van der Waals surface area (Å²) in [5, 5.41) is 6.36. The van der Waals surface area contributed by atoms with Gasteiger partial charge in [-0.1, -0.05) is 13.8 Å². The predicted molar refractivity (Wildman–Crippen MR) is 79.3 cm³/mol. The van der Waals surface area contributed by atoms with E-state index in [0.29, 0.717) is 0 Å². The van der Waals surface area contributed by atoms with Crippen molar-refractivity contribution in [2.75, 3.05) is 52.4 Å². The van der Waals surface area contributed by atoms with Crippen LogP contribution >= 0.6 is 0 Å². The van der Waals surface area contributed by atoms with Crippen molar-refractivity contribution in [3.05, 3.63) is 0 Å². The summed E-state index contributed by atoms with van der Waals surface area (Å²) in [6.45, 7) is 14.3. The minimum atomic E-state index is -0.00412. The molecule has 0 aromatic carbocycles. The van der Waals surface area contributed by atoms with E-state index in [1.54, 1.807) is 0 Å². The lowest BCUT2D eigenvalue weighted by molar-refractivity contribution is -0.126. The number of rotatable bonds is 8. The highest BCUT2D eigenvalue weighted by atomic mass is 16.2. The summed E-state index contributed by atoms with van der Waals surface area (Å²) in [6.07, 6.45) is 1.03. The molecule has 1 aliphatic heterocycles. The van der Waals surface area contributed by atoms with Crippen LogP contribution in [0.3, 0.4) is 0 Å². The number of hydrogen-bond donors (Lipinski definition) is 2. The molecular weight excluding hydrogens is 240 g/mol. The van der Waals surface area contributed by atoms with Gasteiger partial charge >= 0.3 is 0 Å². The van der Waals surface area contributed by atoms with Crippen molar-refractivity contribution in [2.45, 2.75) is 33.2 Å². The fraction of sp³-hybridized carbons (Fsp3) is 0.929. The van der Waals surface area contributed by atoms with Gasteiger partial charge in [0.2, 0.25) is 5.91 Å². The highest BCUT2D eigenvalue weighted by Gasteiger charge is 2.21. The smallest absolute Gasteiger partial charge is 0.237 e. The lowest BCUT2D eigenvalue weighted by atomic mass is 10.2. The van der Waals surface area contributed by atoms with Crippen molar-refractivity contribution in [3.63, 3.8) is 0 Å². The summed E-state index contributed by atoms with van der Waals surface area (Å²) in [5.74, 6) is 0.168. The number of piperazine rings is 1. The van der Waals surface area contributed by atoms with Gasteiger partial charge in [-0.05, 0) is 33.0 Å². The Labute approximate surface area is 117 Å². The summed E-state index contributed by atoms with van der Waals surface area (Å²) in [6, 6.07) is -0.00412. The van der Waals surface area contributed by atoms with Crippen LogP contribution in [0.4, 0.5) is 0 Å². The van der Waals surface area contributed by atoms with E-state index in [0.717, 1.165) is 58.8 Å². The van der Waals surface area contributed by atoms with E-state index in [1.165, 1.54) is 0 Å². The third-order valence-corrected chi connectivity index (χ3v) is 3.92. The van der Waals surface area contributed by atoms with Gasteiger partial charge < -0.3 is 15.5 Å². The molecule has 0 aliphatic carbocycles. The standard InChI is InChI=1S/C14H30N4O/c1-4-17(5-2)10-6-7-16-14(19)13(3)18-11-8-15-9-12-18/h13,15H,4-12H2,1-3H3,(H,16,19). The largest absolute Gasteiger partial charge is 0.355 e. The minimum Gasteiger partial charge on any atom is -0.355 e. The Bertz CT molecular complexity index is 250. The molecule has 0 spiro atoms. The highest BCUT2D eigenvalue weighted by molar-refractivity contribution is 5.81. The maximum atomic E-state index is 12.0. The van der Waals surface area contributed by atoms with E-state index in [9.17, 15) is 4.79 Å². The number of carbonyl (C=O) groups is 1. The van der Waals surface area contributed by atoms with Crippen molar-refractivity contribution in [2.24, 2.45) is 0 Å². The van der Waals surface area contributed by atoms with E-state index in [-0.39, 0.29) is 11.9 Å². The number of carbonyl (C=O) groups excluding carboxylic acids is 1. The first-order valence-corrected chi connectivity index (χ1v) is 7.63. The quantitative estimate of drug-likeness (QED) is 0.616. The molecule has 0 saturated carbocycles. The van der Waals surface area contributed by atoms with Gasteiger partial charge in [0.25, 0.3) is 0 Å². The maximum absolute atomic E-state index is 12.0. The van der Waals surface area contributed by atoms with Crippen LogP contribution in [-0.2, 0) is 4.79 Å². The molecule has 1 aliphatic rings. The van der Waals surface area contributed by atoms with E-state index in [2.05, 4.69) is 34.3 Å². The Morgan fingerprint density at radius 3 is 2.53 bits per heavy atom. The number of hydrogen-bond acceptors (Lipinski definition) is 4. The Kier molecular flexibility index (Phi) is 8.02. The van der Waals surface area contributed by atoms with Crippen LogP contribution in [0.1, 0.15) is 27.2 Å². The molecule has 0 radical (unpaired) electrons. The fourth-order valence-electron chi connectivity index (χ4n) is 2.44. The van der Waals surface area contributed by atoms with Gasteiger partial charge in [-0.3, -0.25) is 9.69 Å². The van der Waals surface area contributed by atoms with Gasteiger partial charge in [0.05, 0.1) is 6.04 Å². The monoisotopic (exact) mass is 270 g/mol. The fourth-order valence-corrected chi connectivity index (χ4v) is 2.44. The van der Waals surface area contributed by atoms with Gasteiger partial charge in [0.1, 0.15) is 0 Å². The molecule has 1 unspecified atom stereocenters. The van der Waals surface area contributed by atoms with E-state index in [1.807, 2.05) is 6.92 Å². The van der Waals surface area contributed by atoms with Crippen LogP contribution in [-0.4, -0.2) is 74.1 Å². The first-order chi connectivity index (χ1) is 9.19. The average molecular weight is 270 g/mol. The van der Waals surface area contributed by atoms with Crippen molar-refractivity contribution in [1.29, 1.82) is 0 Å². The molecule has 1 amide bonds. The third kappa shape index (κ3) is 5.89. The second kappa shape index (κ2) is 9.28. The summed E-state index contributed by atoms with van der Waals surface area (Å²) >= 11 is 0. The molecular formula is C14H30N4O. The molecule has 0 aromatic rings. The van der Waals surface area contributed by atoms with Crippen LogP contribution in [0.15, 0.2) is 0 Å². The normalized spacial score (nSPS) is 18.5. The van der Waals surface area contributed by atoms with Crippen molar-refractivity contribution in [3.8, 4) is 0 Å². The molecule has 112 valence electrons. The minimum absolute atomic E-state index is 0.00412. The molecule has 1 heterocycles. The average Bonchev–Trinajstić information content (AvgIpc) is 2.47. The summed E-state index contributed by atoms with van der Waals surface area (Å²) < 4.78 is 0. The molecule has 0 bridgehead atoms. The Hall–Kier alpha value is -0.650. The van der Waals surface area contributed by atoms with Gasteiger partial charge in [-0.15, -0.1) is 0 Å². The van der Waals surface area contributed by atoms with Gasteiger partial charge in [-0.2, -0.15) is 0 Å². The molecule has 1 fully saturated rings. The molecule has 19 heavy (non-hydrogen) atoms. The van der Waals surface area contributed by atoms with E-state index >= 15 is 0 Å². The summed E-state index contributed by atoms with van der Waals surface area (Å²) in [5.41, 5.74) is 0. The zero-order valence-electron chi connectivity index (χ0n) is 12.7. The Balaban J connectivity index is 2.15. The maximum Gasteiger partial charge on any atom is 0.237 e. The van der Waals surface area contributed by atoms with Crippen molar-refractivity contribution >= 4 is 5.91 Å². The van der Waals surface area contributed by atoms with Crippen molar-refractivity contribution in [1.82, 2.24) is 20.4 Å². The third-order valence-electron chi connectivity index (χ3n) is 3.92. The van der Waals surface area contributed by atoms with E-state index in [4.69, 9.17) is 0 Å². The van der Waals surface area contributed by atoms with Crippen LogP contribution in [0, 0.1) is 0 Å². The van der Waals surface area contributed by atoms with Crippen LogP contribution in [0.25, 0.3) is 0 Å². The summed E-state index contributed by atoms with van der Waals surface area (Å²) in [7, 11) is 0. The Morgan fingerprint density at radius 2 is 1.95 bits per heavy atom. The van der Waals surface area contributed by atoms with Crippen LogP contribution in [0.2, 0.25) is 0 Å². The first kappa shape index (κ1) is 16.4. The van der Waals surface area contributed by atoms with Crippen LogP contribution in [0.5, 0.6) is 0 Å². The second-order valence-corrected chi connectivity index (χ2v) is 5.13. The zero-order valence-corrected chi connectivity index (χ0v) is 12.7. The van der Waals surface area contributed by atoms with Crippen LogP contribution < -0.4 is 10.6 Å². The zero-order chi connectivity index (χ0) is 14.1. The highest BCUT2D eigenvalue weighted by Crippen LogP contribution is 2.01. The number of nitrogens with one attached hydrogen (secondary N) is 2. The molecule has 5 nitrogen and oxygen atoms in total. The lowest BCUT2D eigenvalue weighted by Gasteiger charge is -2.31. The summed E-state index contributed by atoms with van der Waals surface area (Å²) in [4.78, 5) is 16.7. The number of nitrogens with zero attached hydrogens (tertiary/aromatic N) is 2. The van der Waals surface area contributed by atoms with Crippen molar-refractivity contribution < 1.29 is 4.79 Å². The molecule has 1 saturated heterocycles. The molecule has 1 rings (SSSR count).